The fourth-order valence-electron chi connectivity index (χ4n) is 9.36. The van der Waals surface area contributed by atoms with Gasteiger partial charge in [0.05, 0.1) is 5.60 Å². The lowest BCUT2D eigenvalue weighted by Gasteiger charge is -2.46. The summed E-state index contributed by atoms with van der Waals surface area (Å²) in [7, 11) is -5.23. The van der Waals surface area contributed by atoms with Crippen LogP contribution in [0, 0.1) is 0 Å². The van der Waals surface area contributed by atoms with Crippen molar-refractivity contribution in [2.45, 2.75) is 74.1 Å². The van der Waals surface area contributed by atoms with Gasteiger partial charge in [-0.25, -0.2) is 0 Å². The van der Waals surface area contributed by atoms with E-state index in [0.29, 0.717) is 38.7 Å². The van der Waals surface area contributed by atoms with E-state index < -0.39 is 73.0 Å². The average molecular weight is 952 g/mol. The van der Waals surface area contributed by atoms with Crippen molar-refractivity contribution < 1.29 is 84.5 Å². The predicted molar refractivity (Wildman–Crippen MR) is 221 cm³/mol. The molecule has 2 aliphatic rings. The topological polar surface area (TPSA) is 36.9 Å². The molecule has 0 radical (unpaired) electrons. The highest BCUT2D eigenvalue weighted by Crippen LogP contribution is 2.66. The average Bonchev–Trinajstić information content (AvgIpc) is 3.77. The highest BCUT2D eigenvalue weighted by Gasteiger charge is 2.98. The second-order valence-corrected chi connectivity index (χ2v) is 16.9. The molecule has 1 unspecified atom stereocenters. The van der Waals surface area contributed by atoms with Crippen LogP contribution in [-0.2, 0) is 18.6 Å². The van der Waals surface area contributed by atoms with E-state index in [1.165, 1.54) is 32.0 Å². The molecule has 2 aliphatic heterocycles. The third-order valence-corrected chi connectivity index (χ3v) is 12.9. The molecule has 4 nitrogen and oxygen atoms in total. The molecule has 7 aromatic rings. The summed E-state index contributed by atoms with van der Waals surface area (Å²) >= 11 is 0. The van der Waals surface area contributed by atoms with Gasteiger partial charge in [0.1, 0.15) is 0 Å². The lowest BCUT2D eigenvalue weighted by atomic mass is 9.74. The second-order valence-electron chi connectivity index (χ2n) is 16.9. The Morgan fingerprint density at radius 1 is 0.358 bits per heavy atom. The predicted octanol–water partition coefficient (Wildman–Crippen LogP) is 12.9. The Morgan fingerprint density at radius 2 is 0.716 bits per heavy atom. The van der Waals surface area contributed by atoms with Crippen molar-refractivity contribution in [2.75, 3.05) is 0 Å². The van der Waals surface area contributed by atoms with Crippen LogP contribution < -0.4 is 10.9 Å². The molecule has 0 bridgehead atoms. The van der Waals surface area contributed by atoms with Gasteiger partial charge in [0.15, 0.2) is 5.60 Å². The zero-order chi connectivity index (χ0) is 48.7. The third kappa shape index (κ3) is 6.57. The van der Waals surface area contributed by atoms with Gasteiger partial charge >= 0.3 is 45.1 Å². The first kappa shape index (κ1) is 46.6. The van der Waals surface area contributed by atoms with Crippen LogP contribution >= 0.6 is 0 Å². The van der Waals surface area contributed by atoms with E-state index >= 15 is 0 Å². The number of rotatable bonds is 4. The molecule has 0 aromatic heterocycles. The Hall–Kier alpha value is -5.50. The quantitative estimate of drug-likeness (QED) is 0.100. The van der Waals surface area contributed by atoms with E-state index in [2.05, 4.69) is 9.31 Å². The minimum absolute atomic E-state index is 0.0777. The Kier molecular flexibility index (Phi) is 10.3. The molecule has 2 saturated heterocycles. The third-order valence-electron chi connectivity index (χ3n) is 12.9. The minimum atomic E-state index is -7.43. The largest absolute Gasteiger partial charge is 0.495 e. The van der Waals surface area contributed by atoms with Crippen molar-refractivity contribution in [3.63, 3.8) is 0 Å². The van der Waals surface area contributed by atoms with Gasteiger partial charge < -0.3 is 18.6 Å². The summed E-state index contributed by atoms with van der Waals surface area (Å²) in [6.45, 7) is 3.23. The zero-order valence-electron chi connectivity index (χ0n) is 34.5. The number of halogens is 15. The van der Waals surface area contributed by atoms with Gasteiger partial charge in [-0.15, -0.1) is 0 Å². The van der Waals surface area contributed by atoms with Crippen LogP contribution in [0.2, 0.25) is 0 Å². The normalized spacial score (nSPS) is 20.2. The molecule has 1 atom stereocenters. The first-order valence-electron chi connectivity index (χ1n) is 20.0. The molecule has 0 spiro atoms. The number of fused-ring (bicyclic) bond motifs is 4. The maximum Gasteiger partial charge on any atom is 0.495 e. The van der Waals surface area contributed by atoms with Crippen LogP contribution in [0.3, 0.4) is 0 Å². The van der Waals surface area contributed by atoms with Gasteiger partial charge in [-0.3, -0.25) is 0 Å². The van der Waals surface area contributed by atoms with Crippen LogP contribution in [0.4, 0.5) is 65.9 Å². The highest BCUT2D eigenvalue weighted by molar-refractivity contribution is 6.63. The molecule has 2 heterocycles. The van der Waals surface area contributed by atoms with Gasteiger partial charge in [0, 0.05) is 0 Å². The molecule has 0 amide bonds. The van der Waals surface area contributed by atoms with Crippen LogP contribution in [0.5, 0.6) is 0 Å². The van der Waals surface area contributed by atoms with Crippen LogP contribution in [-0.4, -0.2) is 67.5 Å². The van der Waals surface area contributed by atoms with Gasteiger partial charge in [-0.1, -0.05) is 121 Å². The Morgan fingerprint density at radius 3 is 1.07 bits per heavy atom. The van der Waals surface area contributed by atoms with E-state index in [1.807, 2.05) is 0 Å². The maximum absolute atomic E-state index is 14.7. The zero-order valence-corrected chi connectivity index (χ0v) is 34.5. The van der Waals surface area contributed by atoms with Gasteiger partial charge in [-0.2, -0.15) is 65.9 Å². The summed E-state index contributed by atoms with van der Waals surface area (Å²) in [5, 5.41) is 2.75. The first-order chi connectivity index (χ1) is 31.0. The van der Waals surface area contributed by atoms with Gasteiger partial charge in [0.2, 0.25) is 0 Å². The molecule has 67 heavy (non-hydrogen) atoms. The lowest BCUT2D eigenvalue weighted by Crippen LogP contribution is -2.79. The second kappa shape index (κ2) is 14.8. The van der Waals surface area contributed by atoms with Crippen molar-refractivity contribution >= 4 is 68.3 Å². The number of alkyl halides is 15. The Balaban J connectivity index is 1.40. The number of hydrogen-bond acceptors (Lipinski definition) is 4. The van der Waals surface area contributed by atoms with Crippen molar-refractivity contribution in [1.29, 1.82) is 0 Å². The fourth-order valence-corrected chi connectivity index (χ4v) is 9.36. The molecule has 21 heteroatoms. The Labute approximate surface area is 369 Å². The molecule has 0 saturated carbocycles. The summed E-state index contributed by atoms with van der Waals surface area (Å²) in [4.78, 5) is 0. The molecule has 0 N–H and O–H groups in total. The molecule has 348 valence electrons. The summed E-state index contributed by atoms with van der Waals surface area (Å²) in [5.41, 5.74) is -18.7. The van der Waals surface area contributed by atoms with Gasteiger partial charge in [-0.05, 0) is 97.0 Å². The first-order valence-corrected chi connectivity index (χ1v) is 20.0. The molecular formula is C46H29B2F15O4. The van der Waals surface area contributed by atoms with Crippen LogP contribution in [0.1, 0.15) is 20.8 Å². The number of benzene rings is 7. The van der Waals surface area contributed by atoms with Crippen LogP contribution in [0.15, 0.2) is 121 Å². The van der Waals surface area contributed by atoms with E-state index in [9.17, 15) is 65.9 Å². The molecule has 9 rings (SSSR count). The molecular weight excluding hydrogens is 923 g/mol. The molecule has 2 fully saturated rings. The van der Waals surface area contributed by atoms with E-state index in [4.69, 9.17) is 9.31 Å². The number of hydrogen-bond donors (Lipinski definition) is 0. The van der Waals surface area contributed by atoms with E-state index in [-0.39, 0.29) is 38.1 Å². The maximum atomic E-state index is 14.7. The molecule has 0 aliphatic carbocycles. The standard InChI is InChI=1S/C46H29B2F15O4/c1-38(2)39(3,42(49,50)51)65-47(64-38)26-18-20-32-34(22-26)36(30-16-8-12-24-10-4-6-14-28(24)30)33-21-19-27(23-35(33)37(32)31-17-9-13-25-11-5-7-15-29(25)31)48-66-40(43(52,53)54,44(55,56)57)41(67-48,45(58,59)60)46(61,62)63/h4-23H,1-3H3. The van der Waals surface area contributed by atoms with Gasteiger partial charge in [0.25, 0.3) is 11.2 Å². The summed E-state index contributed by atoms with van der Waals surface area (Å²) in [6.07, 6.45) is -34.6. The Bertz CT molecular complexity index is 3040. The van der Waals surface area contributed by atoms with Crippen molar-refractivity contribution in [3.8, 4) is 22.3 Å². The SMILES string of the molecule is CC1(C)OB(c2ccc3c(-c4cccc5ccccc45)c4cc(B5OC(C(F)(F)F)(C(F)(F)F)C(C(F)(F)F)(C(F)(F)F)O5)ccc4c(-c4cccc5ccccc45)c3c2)OC1(C)C(F)(F)F. The lowest BCUT2D eigenvalue weighted by molar-refractivity contribution is -0.464. The molecule has 7 aromatic carbocycles. The minimum Gasteiger partial charge on any atom is -0.399 e. The summed E-state index contributed by atoms with van der Waals surface area (Å²) in [6, 6.07) is 30.3. The fraction of sp³-hybridized carbons (Fsp3) is 0.261. The van der Waals surface area contributed by atoms with Crippen LogP contribution in [0.25, 0.3) is 65.3 Å². The monoisotopic (exact) mass is 952 g/mol. The smallest absolute Gasteiger partial charge is 0.399 e. The van der Waals surface area contributed by atoms with E-state index in [0.717, 1.165) is 19.1 Å². The van der Waals surface area contributed by atoms with Crippen molar-refractivity contribution in [2.24, 2.45) is 0 Å². The summed E-state index contributed by atoms with van der Waals surface area (Å²) < 4.78 is 240. The van der Waals surface area contributed by atoms with E-state index in [1.54, 1.807) is 84.9 Å². The highest BCUT2D eigenvalue weighted by atomic mass is 19.4. The van der Waals surface area contributed by atoms with Crippen molar-refractivity contribution in [1.82, 2.24) is 0 Å². The van der Waals surface area contributed by atoms with Crippen molar-refractivity contribution in [3.05, 3.63) is 121 Å². The summed E-state index contributed by atoms with van der Waals surface area (Å²) in [5.74, 6) is 0.